The second kappa shape index (κ2) is 4.63. The van der Waals surface area contributed by atoms with Gasteiger partial charge in [-0.05, 0) is 67.3 Å². The number of hydrogen-bond donors (Lipinski definition) is 1. The quantitative estimate of drug-likeness (QED) is 0.861. The first-order valence-corrected chi connectivity index (χ1v) is 7.91. The maximum absolute atomic E-state index is 3.74. The first-order valence-electron chi connectivity index (χ1n) is 7.91. The molecule has 0 heterocycles. The van der Waals surface area contributed by atoms with Crippen LogP contribution in [-0.2, 0) is 6.54 Å². The zero-order chi connectivity index (χ0) is 12.7. The van der Waals surface area contributed by atoms with E-state index in [1.54, 1.807) is 0 Å². The average molecular weight is 254 g/mol. The minimum Gasteiger partial charge on any atom is -0.312 e. The molecule has 4 fully saturated rings. The van der Waals surface area contributed by atoms with E-state index in [1.807, 2.05) is 0 Å². The molecule has 101 valence electrons. The lowest BCUT2D eigenvalue weighted by Crippen LogP contribution is -2.50. The summed E-state index contributed by atoms with van der Waals surface area (Å²) in [6.45, 7) is 2.27. The molecule has 0 aromatic heterocycles. The average Bonchev–Trinajstić information content (AvgIpc) is 2.38. The van der Waals surface area contributed by atoms with E-state index in [-0.39, 0.29) is 0 Å². The van der Waals surface area contributed by atoms with E-state index in [9.17, 15) is 0 Å². The fraction of sp³-hybridized carbons (Fsp3) is 0.611. The third kappa shape index (κ3) is 2.33. The standard InChI is InChI=1S/C18H24N/c1-2-4-14(5-3-1)12-19-13-18-9-15-6-16(10-18)8-17(7-15)11-18/h1-6,15-17,19H,7-13H2. The van der Waals surface area contributed by atoms with Crippen molar-refractivity contribution in [3.05, 3.63) is 42.3 Å². The Hall–Kier alpha value is -0.820. The molecule has 4 bridgehead atoms. The molecule has 0 spiro atoms. The van der Waals surface area contributed by atoms with Crippen LogP contribution in [0.5, 0.6) is 0 Å². The van der Waals surface area contributed by atoms with Gasteiger partial charge >= 0.3 is 0 Å². The van der Waals surface area contributed by atoms with Crippen molar-refractivity contribution in [2.45, 2.75) is 38.6 Å². The minimum absolute atomic E-state index is 0.639. The Bertz CT molecular complexity index is 401. The molecule has 5 rings (SSSR count). The Balaban J connectivity index is 1.38. The van der Waals surface area contributed by atoms with Gasteiger partial charge in [0.1, 0.15) is 0 Å². The molecule has 0 amide bonds. The van der Waals surface area contributed by atoms with Crippen LogP contribution < -0.4 is 5.32 Å². The Morgan fingerprint density at radius 2 is 1.74 bits per heavy atom. The summed E-state index contributed by atoms with van der Waals surface area (Å²) >= 11 is 0. The molecule has 1 nitrogen and oxygen atoms in total. The minimum atomic E-state index is 0.639. The van der Waals surface area contributed by atoms with Crippen molar-refractivity contribution in [1.29, 1.82) is 0 Å². The van der Waals surface area contributed by atoms with Crippen LogP contribution in [0.25, 0.3) is 0 Å². The van der Waals surface area contributed by atoms with E-state index in [2.05, 4.69) is 42.1 Å². The zero-order valence-corrected chi connectivity index (χ0v) is 11.6. The molecule has 1 N–H and O–H groups in total. The van der Waals surface area contributed by atoms with Gasteiger partial charge in [-0.3, -0.25) is 0 Å². The Kier molecular flexibility index (Phi) is 2.91. The van der Waals surface area contributed by atoms with Crippen LogP contribution >= 0.6 is 0 Å². The topological polar surface area (TPSA) is 12.0 Å². The first-order chi connectivity index (χ1) is 9.31. The molecule has 1 aromatic rings. The number of benzene rings is 1. The van der Waals surface area contributed by atoms with Gasteiger partial charge < -0.3 is 5.32 Å². The molecule has 1 heteroatoms. The summed E-state index contributed by atoms with van der Waals surface area (Å²) in [7, 11) is 0. The highest BCUT2D eigenvalue weighted by Gasteiger charge is 2.50. The molecule has 2 atom stereocenters. The molecular weight excluding hydrogens is 230 g/mol. The Labute approximate surface area is 116 Å². The van der Waals surface area contributed by atoms with Gasteiger partial charge in [0.05, 0.1) is 0 Å². The first kappa shape index (κ1) is 12.0. The normalized spacial score (nSPS) is 39.7. The zero-order valence-electron chi connectivity index (χ0n) is 11.6. The lowest BCUT2D eigenvalue weighted by atomic mass is 9.49. The molecule has 1 radical (unpaired) electrons. The van der Waals surface area contributed by atoms with Crippen LogP contribution in [-0.4, -0.2) is 6.54 Å². The second-order valence-electron chi connectivity index (χ2n) is 7.25. The molecule has 2 unspecified atom stereocenters. The van der Waals surface area contributed by atoms with Gasteiger partial charge in [-0.1, -0.05) is 30.3 Å². The SMILES string of the molecule is [CH]1C2CC3CC1CC(CNCc1ccccc1)(C2)C3. The summed E-state index contributed by atoms with van der Waals surface area (Å²) in [6.07, 6.45) is 10.1. The second-order valence-corrected chi connectivity index (χ2v) is 7.25. The third-order valence-corrected chi connectivity index (χ3v) is 5.60. The maximum atomic E-state index is 3.74. The number of rotatable bonds is 4. The van der Waals surface area contributed by atoms with E-state index in [1.165, 1.54) is 44.2 Å². The number of nitrogens with one attached hydrogen (secondary N) is 1. The lowest BCUT2D eigenvalue weighted by Gasteiger charge is -2.56. The molecule has 0 saturated heterocycles. The van der Waals surface area contributed by atoms with Crippen LogP contribution in [0.2, 0.25) is 0 Å². The highest BCUT2D eigenvalue weighted by atomic mass is 14.9. The molecule has 19 heavy (non-hydrogen) atoms. The van der Waals surface area contributed by atoms with Crippen molar-refractivity contribution in [1.82, 2.24) is 5.32 Å². The molecule has 1 aromatic carbocycles. The van der Waals surface area contributed by atoms with Crippen molar-refractivity contribution in [3.8, 4) is 0 Å². The monoisotopic (exact) mass is 254 g/mol. The van der Waals surface area contributed by atoms with Gasteiger partial charge in [0.25, 0.3) is 0 Å². The smallest absolute Gasteiger partial charge is 0.0205 e. The summed E-state index contributed by atoms with van der Waals surface area (Å²) in [4.78, 5) is 0. The fourth-order valence-electron chi connectivity index (χ4n) is 5.22. The predicted molar refractivity (Wildman–Crippen MR) is 78.4 cm³/mol. The van der Waals surface area contributed by atoms with Crippen LogP contribution in [0.1, 0.15) is 37.7 Å². The fourth-order valence-corrected chi connectivity index (χ4v) is 5.22. The maximum Gasteiger partial charge on any atom is 0.0205 e. The van der Waals surface area contributed by atoms with E-state index in [0.29, 0.717) is 5.41 Å². The van der Waals surface area contributed by atoms with E-state index < -0.39 is 0 Å². The molecule has 4 saturated carbocycles. The largest absolute Gasteiger partial charge is 0.312 e. The van der Waals surface area contributed by atoms with Crippen molar-refractivity contribution < 1.29 is 0 Å². The Morgan fingerprint density at radius 3 is 2.42 bits per heavy atom. The molecule has 4 aliphatic rings. The van der Waals surface area contributed by atoms with Crippen molar-refractivity contribution >= 4 is 0 Å². The Morgan fingerprint density at radius 1 is 1.00 bits per heavy atom. The van der Waals surface area contributed by atoms with Crippen molar-refractivity contribution in [2.24, 2.45) is 23.2 Å². The van der Waals surface area contributed by atoms with E-state index in [4.69, 9.17) is 0 Å². The highest BCUT2D eigenvalue weighted by molar-refractivity contribution is 5.14. The summed E-state index contributed by atoms with van der Waals surface area (Å²) in [5.41, 5.74) is 2.05. The third-order valence-electron chi connectivity index (χ3n) is 5.60. The number of hydrogen-bond acceptors (Lipinski definition) is 1. The van der Waals surface area contributed by atoms with Crippen molar-refractivity contribution in [2.75, 3.05) is 6.54 Å². The van der Waals surface area contributed by atoms with Gasteiger partial charge in [-0.15, -0.1) is 0 Å². The van der Waals surface area contributed by atoms with Gasteiger partial charge in [-0.25, -0.2) is 0 Å². The van der Waals surface area contributed by atoms with Crippen LogP contribution in [0, 0.1) is 29.6 Å². The van der Waals surface area contributed by atoms with Crippen molar-refractivity contribution in [3.63, 3.8) is 0 Å². The van der Waals surface area contributed by atoms with Crippen LogP contribution in [0.15, 0.2) is 30.3 Å². The van der Waals surface area contributed by atoms with Crippen LogP contribution in [0.3, 0.4) is 0 Å². The molecule has 0 aliphatic heterocycles. The van der Waals surface area contributed by atoms with E-state index in [0.717, 1.165) is 24.3 Å². The molecular formula is C18H24N. The van der Waals surface area contributed by atoms with Crippen LogP contribution in [0.4, 0.5) is 0 Å². The van der Waals surface area contributed by atoms with E-state index >= 15 is 0 Å². The summed E-state index contributed by atoms with van der Waals surface area (Å²) in [6, 6.07) is 10.8. The summed E-state index contributed by atoms with van der Waals surface area (Å²) in [5.74, 6) is 2.94. The predicted octanol–water partition coefficient (Wildman–Crippen LogP) is 3.81. The highest BCUT2D eigenvalue weighted by Crippen LogP contribution is 2.59. The van der Waals surface area contributed by atoms with Gasteiger partial charge in [-0.2, -0.15) is 0 Å². The van der Waals surface area contributed by atoms with Gasteiger partial charge in [0, 0.05) is 13.1 Å². The summed E-state index contributed by atoms with van der Waals surface area (Å²) in [5, 5.41) is 3.74. The molecule has 4 aliphatic carbocycles. The van der Waals surface area contributed by atoms with Gasteiger partial charge in [0.15, 0.2) is 0 Å². The lowest BCUT2D eigenvalue weighted by molar-refractivity contribution is -0.0172. The summed E-state index contributed by atoms with van der Waals surface area (Å²) < 4.78 is 0. The van der Waals surface area contributed by atoms with Gasteiger partial charge in [0.2, 0.25) is 0 Å².